The van der Waals surface area contributed by atoms with Crippen LogP contribution in [0.3, 0.4) is 0 Å². The quantitative estimate of drug-likeness (QED) is 0.439. The first-order valence-corrected chi connectivity index (χ1v) is 4.89. The average molecular weight is 224 g/mol. The van der Waals surface area contributed by atoms with Gasteiger partial charge >= 0.3 is 5.82 Å². The molecule has 2 rings (SSSR count). The minimum absolute atomic E-state index is 0.187. The molecular weight excluding hydrogens is 212 g/mol. The molecule has 0 bridgehead atoms. The fraction of sp³-hybridized carbons (Fsp3) is 0.500. The summed E-state index contributed by atoms with van der Waals surface area (Å²) in [6.07, 6.45) is 0. The summed E-state index contributed by atoms with van der Waals surface area (Å²) >= 11 is 0. The van der Waals surface area contributed by atoms with E-state index >= 15 is 0 Å². The molecule has 1 aliphatic rings. The van der Waals surface area contributed by atoms with E-state index in [1.165, 1.54) is 0 Å². The van der Waals surface area contributed by atoms with Crippen LogP contribution in [0, 0.1) is 17.0 Å². The van der Waals surface area contributed by atoms with Gasteiger partial charge in [0, 0.05) is 6.92 Å². The smallest absolute Gasteiger partial charge is 0.406 e. The summed E-state index contributed by atoms with van der Waals surface area (Å²) in [6.45, 7) is 4.52. The van der Waals surface area contributed by atoms with Gasteiger partial charge in [0.15, 0.2) is 0 Å². The molecule has 0 aliphatic carbocycles. The molecule has 1 fully saturated rings. The van der Waals surface area contributed by atoms with Crippen LogP contribution in [0.25, 0.3) is 0 Å². The predicted octanol–water partition coefficient (Wildman–Crippen LogP) is 1.47. The average Bonchev–Trinajstić information content (AvgIpc) is 2.95. The second-order valence-corrected chi connectivity index (χ2v) is 4.06. The number of nitro groups is 1. The number of ether oxygens (including phenoxy) is 2. The summed E-state index contributed by atoms with van der Waals surface area (Å²) in [5, 5.41) is 10.7. The van der Waals surface area contributed by atoms with Crippen LogP contribution in [-0.2, 0) is 4.74 Å². The summed E-state index contributed by atoms with van der Waals surface area (Å²) in [7, 11) is 0. The summed E-state index contributed by atoms with van der Waals surface area (Å²) in [5.41, 5.74) is 0.298. The van der Waals surface area contributed by atoms with Gasteiger partial charge < -0.3 is 19.6 Å². The molecule has 6 heteroatoms. The monoisotopic (exact) mass is 224 g/mol. The normalized spacial score (nSPS) is 22.9. The molecule has 1 aromatic heterocycles. The minimum atomic E-state index is -0.543. The number of hydrogen-bond donors (Lipinski definition) is 0. The van der Waals surface area contributed by atoms with Gasteiger partial charge in [-0.1, -0.05) is 0 Å². The lowest BCUT2D eigenvalue weighted by molar-refractivity contribution is -0.390. The number of aromatic nitrogens is 1. The molecule has 16 heavy (non-hydrogen) atoms. The Labute approximate surface area is 92.3 Å². The van der Waals surface area contributed by atoms with E-state index in [0.717, 1.165) is 0 Å². The van der Waals surface area contributed by atoms with Gasteiger partial charge in [0.25, 0.3) is 0 Å². The third-order valence-corrected chi connectivity index (χ3v) is 2.32. The van der Waals surface area contributed by atoms with Gasteiger partial charge in [-0.3, -0.25) is 0 Å². The molecule has 0 aromatic carbocycles. The summed E-state index contributed by atoms with van der Waals surface area (Å²) in [4.78, 5) is 14.0. The third kappa shape index (κ3) is 2.27. The van der Waals surface area contributed by atoms with Gasteiger partial charge in [0.1, 0.15) is 17.9 Å². The highest BCUT2D eigenvalue weighted by molar-refractivity contribution is 5.40. The molecule has 0 saturated carbocycles. The van der Waals surface area contributed by atoms with E-state index in [2.05, 4.69) is 4.98 Å². The SMILES string of the molecule is Cc1ccc(OCC2(C)CO2)c([N+](=O)[O-])n1. The number of hydrogen-bond acceptors (Lipinski definition) is 5. The van der Waals surface area contributed by atoms with E-state index < -0.39 is 4.92 Å². The van der Waals surface area contributed by atoms with Crippen LogP contribution < -0.4 is 4.74 Å². The minimum Gasteiger partial charge on any atom is -0.483 e. The fourth-order valence-corrected chi connectivity index (χ4v) is 1.21. The van der Waals surface area contributed by atoms with E-state index in [9.17, 15) is 10.1 Å². The highest BCUT2D eigenvalue weighted by Crippen LogP contribution is 2.30. The van der Waals surface area contributed by atoms with Crippen molar-refractivity contribution in [3.8, 4) is 5.75 Å². The summed E-state index contributed by atoms with van der Waals surface area (Å²) in [5.74, 6) is -0.0587. The molecule has 1 unspecified atom stereocenters. The Bertz CT molecular complexity index is 429. The van der Waals surface area contributed by atoms with Crippen molar-refractivity contribution < 1.29 is 14.4 Å². The van der Waals surface area contributed by atoms with Crippen LogP contribution in [0.5, 0.6) is 5.75 Å². The second-order valence-electron chi connectivity index (χ2n) is 4.06. The fourth-order valence-electron chi connectivity index (χ4n) is 1.21. The lowest BCUT2D eigenvalue weighted by atomic mass is 10.2. The number of pyridine rings is 1. The maximum Gasteiger partial charge on any atom is 0.406 e. The van der Waals surface area contributed by atoms with Crippen molar-refractivity contribution in [3.63, 3.8) is 0 Å². The Kier molecular flexibility index (Phi) is 2.51. The van der Waals surface area contributed by atoms with E-state index in [0.29, 0.717) is 18.9 Å². The van der Waals surface area contributed by atoms with E-state index in [-0.39, 0.29) is 17.2 Å². The number of epoxide rings is 1. The maximum atomic E-state index is 10.7. The van der Waals surface area contributed by atoms with Crippen LogP contribution in [0.2, 0.25) is 0 Å². The van der Waals surface area contributed by atoms with E-state index in [1.54, 1.807) is 19.1 Å². The molecule has 0 radical (unpaired) electrons. The molecule has 6 nitrogen and oxygen atoms in total. The maximum absolute atomic E-state index is 10.7. The number of aryl methyl sites for hydroxylation is 1. The number of rotatable bonds is 4. The molecule has 0 amide bonds. The highest BCUT2D eigenvalue weighted by Gasteiger charge is 2.40. The van der Waals surface area contributed by atoms with Gasteiger partial charge in [-0.05, 0) is 29.0 Å². The molecule has 0 N–H and O–H groups in total. The third-order valence-electron chi connectivity index (χ3n) is 2.32. The second kappa shape index (κ2) is 3.71. The lowest BCUT2D eigenvalue weighted by Gasteiger charge is -2.08. The standard InChI is InChI=1S/C10H12N2O4/c1-7-3-4-8(9(11-7)12(13)14)15-5-10(2)6-16-10/h3-4H,5-6H2,1-2H3. The van der Waals surface area contributed by atoms with Crippen molar-refractivity contribution in [3.05, 3.63) is 27.9 Å². The van der Waals surface area contributed by atoms with Gasteiger partial charge in [0.2, 0.25) is 5.75 Å². The van der Waals surface area contributed by atoms with Gasteiger partial charge in [0.05, 0.1) is 6.61 Å². The molecular formula is C10H12N2O4. The Morgan fingerprint density at radius 2 is 2.38 bits per heavy atom. The molecule has 1 aromatic rings. The molecule has 86 valence electrons. The summed E-state index contributed by atoms with van der Waals surface area (Å²) < 4.78 is 10.5. The van der Waals surface area contributed by atoms with Crippen molar-refractivity contribution in [2.75, 3.05) is 13.2 Å². The molecule has 1 atom stereocenters. The Balaban J connectivity index is 2.15. The molecule has 2 heterocycles. The molecule has 1 aliphatic heterocycles. The topological polar surface area (TPSA) is 77.8 Å². The number of nitrogens with zero attached hydrogens (tertiary/aromatic N) is 2. The first kappa shape index (κ1) is 10.8. The Morgan fingerprint density at radius 1 is 1.69 bits per heavy atom. The van der Waals surface area contributed by atoms with Crippen LogP contribution >= 0.6 is 0 Å². The Morgan fingerprint density at radius 3 is 2.94 bits per heavy atom. The first-order chi connectivity index (χ1) is 7.50. The van der Waals surface area contributed by atoms with E-state index in [4.69, 9.17) is 9.47 Å². The Hall–Kier alpha value is -1.69. The van der Waals surface area contributed by atoms with Crippen LogP contribution in [0.4, 0.5) is 5.82 Å². The zero-order valence-electron chi connectivity index (χ0n) is 9.10. The van der Waals surface area contributed by atoms with Crippen LogP contribution in [0.15, 0.2) is 12.1 Å². The molecule has 0 spiro atoms. The van der Waals surface area contributed by atoms with Crippen molar-refractivity contribution in [2.24, 2.45) is 0 Å². The largest absolute Gasteiger partial charge is 0.483 e. The van der Waals surface area contributed by atoms with Gasteiger partial charge in [-0.15, -0.1) is 0 Å². The zero-order chi connectivity index (χ0) is 11.8. The van der Waals surface area contributed by atoms with Gasteiger partial charge in [-0.25, -0.2) is 0 Å². The van der Waals surface area contributed by atoms with Crippen molar-refractivity contribution in [2.45, 2.75) is 19.4 Å². The lowest BCUT2D eigenvalue weighted by Crippen LogP contribution is -2.17. The van der Waals surface area contributed by atoms with Gasteiger partial charge in [-0.2, -0.15) is 0 Å². The van der Waals surface area contributed by atoms with Crippen molar-refractivity contribution in [1.29, 1.82) is 0 Å². The van der Waals surface area contributed by atoms with Crippen molar-refractivity contribution >= 4 is 5.82 Å². The summed E-state index contributed by atoms with van der Waals surface area (Å²) in [6, 6.07) is 3.24. The van der Waals surface area contributed by atoms with Crippen molar-refractivity contribution in [1.82, 2.24) is 4.98 Å². The van der Waals surface area contributed by atoms with Crippen LogP contribution in [0.1, 0.15) is 12.6 Å². The highest BCUT2D eigenvalue weighted by atomic mass is 16.6. The van der Waals surface area contributed by atoms with E-state index in [1.807, 2.05) is 6.92 Å². The first-order valence-electron chi connectivity index (χ1n) is 4.89. The predicted molar refractivity (Wildman–Crippen MR) is 55.5 cm³/mol. The zero-order valence-corrected chi connectivity index (χ0v) is 9.10. The molecule has 1 saturated heterocycles. The van der Waals surface area contributed by atoms with Crippen LogP contribution in [-0.4, -0.2) is 28.7 Å².